The van der Waals surface area contributed by atoms with Gasteiger partial charge in [0.1, 0.15) is 5.82 Å². The Morgan fingerprint density at radius 2 is 1.38 bits per heavy atom. The molecule has 2 heteroatoms. The van der Waals surface area contributed by atoms with Gasteiger partial charge in [0.05, 0.1) is 5.69 Å². The van der Waals surface area contributed by atoms with E-state index in [2.05, 4.69) is 5.32 Å². The Morgan fingerprint density at radius 1 is 0.857 bits per heavy atom. The fourth-order valence-corrected chi connectivity index (χ4v) is 3.28. The highest BCUT2D eigenvalue weighted by molar-refractivity contribution is 5.47. The van der Waals surface area contributed by atoms with E-state index in [4.69, 9.17) is 0 Å². The summed E-state index contributed by atoms with van der Waals surface area (Å²) in [6.45, 7) is 2.02. The van der Waals surface area contributed by atoms with Gasteiger partial charge in [0.2, 0.25) is 0 Å². The van der Waals surface area contributed by atoms with Gasteiger partial charge < -0.3 is 5.32 Å². The fourth-order valence-electron chi connectivity index (χ4n) is 3.28. The van der Waals surface area contributed by atoms with Gasteiger partial charge in [-0.05, 0) is 37.5 Å². The van der Waals surface area contributed by atoms with Crippen molar-refractivity contribution < 1.29 is 4.39 Å². The van der Waals surface area contributed by atoms with Crippen molar-refractivity contribution in [1.29, 1.82) is 0 Å². The van der Waals surface area contributed by atoms with Crippen LogP contribution in [-0.4, -0.2) is 6.04 Å². The molecule has 21 heavy (non-hydrogen) atoms. The molecule has 1 aromatic carbocycles. The molecular weight excluding hydrogens is 261 g/mol. The molecule has 0 aromatic heterocycles. The summed E-state index contributed by atoms with van der Waals surface area (Å²) in [5, 5.41) is 3.47. The van der Waals surface area contributed by atoms with Crippen LogP contribution in [0.25, 0.3) is 0 Å². The number of hydrogen-bond donors (Lipinski definition) is 1. The van der Waals surface area contributed by atoms with Crippen LogP contribution >= 0.6 is 0 Å². The first-order valence-electron chi connectivity index (χ1n) is 8.78. The van der Waals surface area contributed by atoms with Gasteiger partial charge >= 0.3 is 0 Å². The van der Waals surface area contributed by atoms with Crippen molar-refractivity contribution in [1.82, 2.24) is 0 Å². The van der Waals surface area contributed by atoms with Crippen LogP contribution in [0.1, 0.15) is 76.2 Å². The van der Waals surface area contributed by atoms with Crippen LogP contribution in [0.3, 0.4) is 0 Å². The zero-order valence-corrected chi connectivity index (χ0v) is 13.5. The number of nitrogens with one attached hydrogen (secondary N) is 1. The summed E-state index contributed by atoms with van der Waals surface area (Å²) >= 11 is 0. The van der Waals surface area contributed by atoms with E-state index in [-0.39, 0.29) is 5.82 Å². The first-order chi connectivity index (χ1) is 10.3. The van der Waals surface area contributed by atoms with Gasteiger partial charge in [-0.25, -0.2) is 4.39 Å². The third-order valence-corrected chi connectivity index (χ3v) is 4.59. The van der Waals surface area contributed by atoms with Gasteiger partial charge in [0.15, 0.2) is 0 Å². The van der Waals surface area contributed by atoms with Crippen molar-refractivity contribution in [2.45, 2.75) is 83.6 Å². The number of aryl methyl sites for hydroxylation is 1. The molecule has 0 atom stereocenters. The second-order valence-electron chi connectivity index (χ2n) is 6.58. The third-order valence-electron chi connectivity index (χ3n) is 4.59. The lowest BCUT2D eigenvalue weighted by atomic mass is 9.97. The molecule has 0 bridgehead atoms. The molecule has 0 spiro atoms. The minimum atomic E-state index is -0.119. The average Bonchev–Trinajstić information content (AvgIpc) is 2.45. The maximum absolute atomic E-state index is 13.9. The highest BCUT2D eigenvalue weighted by atomic mass is 19.1. The van der Waals surface area contributed by atoms with Gasteiger partial charge in [-0.3, -0.25) is 0 Å². The summed E-state index contributed by atoms with van der Waals surface area (Å²) < 4.78 is 13.9. The van der Waals surface area contributed by atoms with Gasteiger partial charge in [-0.1, -0.05) is 63.9 Å². The van der Waals surface area contributed by atoms with Crippen LogP contribution in [0.4, 0.5) is 10.1 Å². The van der Waals surface area contributed by atoms with E-state index in [9.17, 15) is 4.39 Å². The number of rotatable bonds is 2. The quantitative estimate of drug-likeness (QED) is 0.682. The van der Waals surface area contributed by atoms with E-state index in [0.717, 1.165) is 5.56 Å². The van der Waals surface area contributed by atoms with Gasteiger partial charge in [0, 0.05) is 6.04 Å². The number of benzene rings is 1. The third kappa shape index (κ3) is 6.07. The topological polar surface area (TPSA) is 12.0 Å². The Morgan fingerprint density at radius 3 is 1.95 bits per heavy atom. The molecule has 1 nitrogen and oxygen atoms in total. The molecule has 0 radical (unpaired) electrons. The molecule has 118 valence electrons. The molecule has 1 aromatic rings. The van der Waals surface area contributed by atoms with E-state index < -0.39 is 0 Å². The molecule has 0 aliphatic heterocycles. The highest BCUT2D eigenvalue weighted by Gasteiger charge is 2.11. The molecule has 1 saturated carbocycles. The van der Waals surface area contributed by atoms with Gasteiger partial charge in [-0.15, -0.1) is 0 Å². The largest absolute Gasteiger partial charge is 0.380 e. The van der Waals surface area contributed by atoms with Crippen LogP contribution in [0, 0.1) is 12.7 Å². The predicted octanol–water partition coefficient (Wildman–Crippen LogP) is 6.22. The van der Waals surface area contributed by atoms with Crippen molar-refractivity contribution >= 4 is 5.69 Å². The smallest absolute Gasteiger partial charge is 0.146 e. The van der Waals surface area contributed by atoms with Gasteiger partial charge in [-0.2, -0.15) is 0 Å². The first kappa shape index (κ1) is 16.3. The minimum Gasteiger partial charge on any atom is -0.380 e. The van der Waals surface area contributed by atoms with E-state index in [1.807, 2.05) is 19.1 Å². The lowest BCUT2D eigenvalue weighted by molar-refractivity contribution is 0.478. The summed E-state index contributed by atoms with van der Waals surface area (Å²) in [7, 11) is 0. The van der Waals surface area contributed by atoms with Crippen molar-refractivity contribution in [3.05, 3.63) is 29.6 Å². The molecule has 1 N–H and O–H groups in total. The zero-order chi connectivity index (χ0) is 14.9. The Kier molecular flexibility index (Phi) is 7.05. The van der Waals surface area contributed by atoms with Crippen LogP contribution in [0.5, 0.6) is 0 Å². The molecule has 2 rings (SSSR count). The van der Waals surface area contributed by atoms with Crippen molar-refractivity contribution in [2.75, 3.05) is 5.32 Å². The predicted molar refractivity (Wildman–Crippen MR) is 89.3 cm³/mol. The lowest BCUT2D eigenvalue weighted by Gasteiger charge is -2.21. The summed E-state index contributed by atoms with van der Waals surface area (Å²) in [4.78, 5) is 0. The normalized spacial score (nSPS) is 19.5. The summed E-state index contributed by atoms with van der Waals surface area (Å²) in [5.41, 5.74) is 1.80. The summed E-state index contributed by atoms with van der Waals surface area (Å²) in [5.74, 6) is -0.119. The maximum Gasteiger partial charge on any atom is 0.146 e. The minimum absolute atomic E-state index is 0.119. The van der Waals surface area contributed by atoms with Crippen LogP contribution in [0.15, 0.2) is 18.2 Å². The molecular formula is C19H30FN. The van der Waals surface area contributed by atoms with Crippen LogP contribution in [-0.2, 0) is 0 Å². The molecule has 1 aliphatic carbocycles. The Labute approximate surface area is 129 Å². The van der Waals surface area contributed by atoms with E-state index >= 15 is 0 Å². The SMILES string of the molecule is Cc1ccc(F)c(NC2CCCCCCCCCCC2)c1. The van der Waals surface area contributed by atoms with Crippen LogP contribution < -0.4 is 5.32 Å². The van der Waals surface area contributed by atoms with Gasteiger partial charge in [0.25, 0.3) is 0 Å². The van der Waals surface area contributed by atoms with Crippen LogP contribution in [0.2, 0.25) is 0 Å². The molecule has 0 heterocycles. The summed E-state index contributed by atoms with van der Waals surface area (Å²) in [6, 6.07) is 5.78. The van der Waals surface area contributed by atoms with Crippen molar-refractivity contribution in [3.63, 3.8) is 0 Å². The second kappa shape index (κ2) is 9.07. The average molecular weight is 291 g/mol. The Bertz CT molecular complexity index is 404. The first-order valence-corrected chi connectivity index (χ1v) is 8.78. The Hall–Kier alpha value is -1.05. The molecule has 1 aliphatic rings. The zero-order valence-electron chi connectivity index (χ0n) is 13.5. The molecule has 0 saturated heterocycles. The van der Waals surface area contributed by atoms with E-state index in [1.54, 1.807) is 6.07 Å². The number of halogens is 1. The molecule has 0 amide bonds. The monoisotopic (exact) mass is 291 g/mol. The highest BCUT2D eigenvalue weighted by Crippen LogP contribution is 2.22. The van der Waals surface area contributed by atoms with Crippen molar-refractivity contribution in [3.8, 4) is 0 Å². The Balaban J connectivity index is 1.92. The number of hydrogen-bond acceptors (Lipinski definition) is 1. The van der Waals surface area contributed by atoms with E-state index in [0.29, 0.717) is 11.7 Å². The maximum atomic E-state index is 13.9. The molecule has 0 unspecified atom stereocenters. The number of anilines is 1. The second-order valence-corrected chi connectivity index (χ2v) is 6.58. The van der Waals surface area contributed by atoms with E-state index in [1.165, 1.54) is 70.6 Å². The fraction of sp³-hybridized carbons (Fsp3) is 0.684. The molecule has 1 fully saturated rings. The summed E-state index contributed by atoms with van der Waals surface area (Å²) in [6.07, 6.45) is 14.5. The standard InChI is InChI=1S/C19H30FN/c1-16-13-14-18(20)19(15-16)21-17-11-9-7-5-3-2-4-6-8-10-12-17/h13-15,17,21H,2-12H2,1H3. The van der Waals surface area contributed by atoms with Crippen molar-refractivity contribution in [2.24, 2.45) is 0 Å². The lowest BCUT2D eigenvalue weighted by Crippen LogP contribution is -2.20.